The van der Waals surface area contributed by atoms with Gasteiger partial charge in [0, 0.05) is 0 Å². The third kappa shape index (κ3) is 6.16. The molecule has 0 bridgehead atoms. The average Bonchev–Trinajstić information content (AvgIpc) is 4.27. The number of benzene rings is 6. The fraction of sp³-hybridized carbons (Fsp3) is 0.182. The molecule has 0 unspecified atom stereocenters. The molecule has 0 aliphatic heterocycles. The summed E-state index contributed by atoms with van der Waals surface area (Å²) < 4.78 is 0. The van der Waals surface area contributed by atoms with Gasteiger partial charge in [0.05, 0.1) is 16.1 Å². The van der Waals surface area contributed by atoms with Gasteiger partial charge in [-0.25, -0.2) is 0 Å². The van der Waals surface area contributed by atoms with Crippen LogP contribution in [0.1, 0.15) is 108 Å². The van der Waals surface area contributed by atoms with Crippen LogP contribution in [-0.4, -0.2) is 16.1 Å². The maximum absolute atomic E-state index is 2.62. The molecule has 332 valence electrons. The molecule has 6 aromatic rings. The van der Waals surface area contributed by atoms with Crippen molar-refractivity contribution in [2.45, 2.75) is 77.8 Å². The first-order chi connectivity index (χ1) is 33.4. The molecule has 0 N–H and O–H groups in total. The van der Waals surface area contributed by atoms with E-state index in [-0.39, 0.29) is 0 Å². The monoisotopic (exact) mass is 908 g/mol. The van der Waals surface area contributed by atoms with Crippen molar-refractivity contribution >= 4 is 82.3 Å². The first-order valence-electron chi connectivity index (χ1n) is 25.5. The van der Waals surface area contributed by atoms with Crippen LogP contribution in [0.2, 0.25) is 36.3 Å². The molecule has 0 aromatic heterocycles. The van der Waals surface area contributed by atoms with Gasteiger partial charge in [0.25, 0.3) is 0 Å². The standard InChI is InChI=1S/C66H60Si2/c1-7-67(8-2,9-3)65-41-63(51-33-21-23-35-53(51)65)61-39-59(47-29-17-19-31-49(47)61)57-37-55(43-25-13-15-27-45(43)57)56-38-58(46-28-16-14-26-44(46)56)60-40-62(50-32-20-18-30-48(50)60)64-42-66(68(10-4,11-5)12-6)54-36-24-22-34-52(54)64/h13-42H,7-12H2,1-6H3/b56-55+,63-61-,64-62+. The smallest absolute Gasteiger partial charge is 0.0675 e. The lowest BCUT2D eigenvalue weighted by atomic mass is 9.94. The van der Waals surface area contributed by atoms with Gasteiger partial charge >= 0.3 is 0 Å². The molecule has 0 amide bonds. The minimum absolute atomic E-state index is 1.27. The zero-order valence-corrected chi connectivity index (χ0v) is 42.6. The Hall–Kier alpha value is -6.59. The largest absolute Gasteiger partial charge is 0.0867 e. The number of hydrogen-bond donors (Lipinski definition) is 0. The normalized spacial score (nSPS) is 19.7. The van der Waals surface area contributed by atoms with Gasteiger partial charge in [-0.2, -0.15) is 0 Å². The van der Waals surface area contributed by atoms with Gasteiger partial charge in [0.2, 0.25) is 0 Å². The predicted molar refractivity (Wildman–Crippen MR) is 301 cm³/mol. The quantitative estimate of drug-likeness (QED) is 0.120. The Bertz CT molecular complexity index is 3200. The van der Waals surface area contributed by atoms with Crippen molar-refractivity contribution in [2.75, 3.05) is 0 Å². The van der Waals surface area contributed by atoms with E-state index in [1.54, 1.807) is 10.4 Å². The summed E-state index contributed by atoms with van der Waals surface area (Å²) in [6.45, 7) is 14.6. The van der Waals surface area contributed by atoms with Crippen molar-refractivity contribution in [1.29, 1.82) is 0 Å². The van der Waals surface area contributed by atoms with Crippen LogP contribution >= 0.6 is 0 Å². The van der Waals surface area contributed by atoms with E-state index in [2.05, 4.69) is 224 Å². The number of fused-ring (bicyclic) bond motifs is 6. The maximum atomic E-state index is 2.62. The van der Waals surface area contributed by atoms with Crippen molar-refractivity contribution in [3.63, 3.8) is 0 Å². The van der Waals surface area contributed by atoms with E-state index in [0.29, 0.717) is 0 Å². The minimum atomic E-state index is -1.66. The van der Waals surface area contributed by atoms with Crippen molar-refractivity contribution in [3.8, 4) is 0 Å². The van der Waals surface area contributed by atoms with Crippen LogP contribution in [0.5, 0.6) is 0 Å². The zero-order valence-electron chi connectivity index (χ0n) is 40.6. The fourth-order valence-corrected chi connectivity index (χ4v) is 21.0. The molecule has 0 saturated carbocycles. The zero-order chi connectivity index (χ0) is 46.3. The van der Waals surface area contributed by atoms with E-state index in [1.807, 2.05) is 0 Å². The molecule has 2 heteroatoms. The Balaban J connectivity index is 1.04. The maximum Gasteiger partial charge on any atom is 0.0867 e. The van der Waals surface area contributed by atoms with E-state index in [9.17, 15) is 0 Å². The van der Waals surface area contributed by atoms with Crippen LogP contribution in [0.3, 0.4) is 0 Å². The van der Waals surface area contributed by atoms with Crippen LogP contribution in [0.4, 0.5) is 0 Å². The molecular weight excluding hydrogens is 849 g/mol. The van der Waals surface area contributed by atoms with E-state index in [4.69, 9.17) is 0 Å². The summed E-state index contributed by atoms with van der Waals surface area (Å²) in [7, 11) is -3.32. The SMILES string of the molecule is CC[Si](CC)(CC)C1=C/C(=C2\C=C(C3=C/C(=C4/C=C(C5=C/C(=C6/C=C([Si](CC)(CC)CC)c7ccccc76)c6ccccc65)c5ccccc54)c4ccccc43)c3ccccc32)c2ccccc21. The average molecular weight is 909 g/mol. The summed E-state index contributed by atoms with van der Waals surface area (Å²) in [6.07, 6.45) is 15.4. The summed E-state index contributed by atoms with van der Waals surface area (Å²) in [5, 5.41) is 3.29. The van der Waals surface area contributed by atoms with Crippen molar-refractivity contribution in [2.24, 2.45) is 0 Å². The molecule has 0 fully saturated rings. The van der Waals surface area contributed by atoms with E-state index >= 15 is 0 Å². The van der Waals surface area contributed by atoms with Gasteiger partial charge in [0.15, 0.2) is 0 Å². The highest BCUT2D eigenvalue weighted by Crippen LogP contribution is 2.57. The second-order valence-corrected chi connectivity index (χ2v) is 30.2. The molecular formula is C66H60Si2. The number of allylic oxidation sites excluding steroid dienone is 16. The molecule has 0 saturated heterocycles. The molecule has 0 heterocycles. The highest BCUT2D eigenvalue weighted by Gasteiger charge is 2.40. The summed E-state index contributed by atoms with van der Waals surface area (Å²) in [5.74, 6) is 0. The third-order valence-corrected chi connectivity index (χ3v) is 28.7. The van der Waals surface area contributed by atoms with Crippen LogP contribution in [0.25, 0.3) is 66.1 Å². The summed E-state index contributed by atoms with van der Waals surface area (Å²) in [4.78, 5) is 0. The third-order valence-electron chi connectivity index (χ3n) is 17.4. The molecule has 0 spiro atoms. The molecule has 12 rings (SSSR count). The Morgan fingerprint density at radius 1 is 0.221 bits per heavy atom. The number of hydrogen-bond acceptors (Lipinski definition) is 0. The van der Waals surface area contributed by atoms with Gasteiger partial charge in [-0.1, -0.05) is 246 Å². The van der Waals surface area contributed by atoms with Gasteiger partial charge in [-0.3, -0.25) is 0 Å². The van der Waals surface area contributed by atoms with Crippen LogP contribution in [0.15, 0.2) is 182 Å². The molecule has 6 aliphatic rings. The first kappa shape index (κ1) is 42.7. The predicted octanol–water partition coefficient (Wildman–Crippen LogP) is 18.3. The van der Waals surface area contributed by atoms with Gasteiger partial charge in [-0.05, 0) is 147 Å². The highest BCUT2D eigenvalue weighted by molar-refractivity contribution is 6.97. The highest BCUT2D eigenvalue weighted by atomic mass is 28.3. The topological polar surface area (TPSA) is 0 Å². The fourth-order valence-electron chi connectivity index (χ4n) is 13.3. The van der Waals surface area contributed by atoms with Crippen LogP contribution in [0, 0.1) is 0 Å². The van der Waals surface area contributed by atoms with Crippen molar-refractivity contribution < 1.29 is 0 Å². The van der Waals surface area contributed by atoms with Gasteiger partial charge < -0.3 is 0 Å². The first-order valence-corrected chi connectivity index (χ1v) is 30.8. The van der Waals surface area contributed by atoms with Gasteiger partial charge in [-0.15, -0.1) is 0 Å². The lowest BCUT2D eigenvalue weighted by molar-refractivity contribution is 1.20. The summed E-state index contributed by atoms with van der Waals surface area (Å²) in [6, 6.07) is 62.8. The Kier molecular flexibility index (Phi) is 10.4. The van der Waals surface area contributed by atoms with Crippen LogP contribution < -0.4 is 0 Å². The lowest BCUT2D eigenvalue weighted by Gasteiger charge is -2.30. The molecule has 6 aromatic carbocycles. The Labute approximate surface area is 406 Å². The summed E-state index contributed by atoms with van der Waals surface area (Å²) in [5.41, 5.74) is 29.7. The Morgan fingerprint density at radius 2 is 0.397 bits per heavy atom. The lowest BCUT2D eigenvalue weighted by Crippen LogP contribution is -2.33. The molecule has 68 heavy (non-hydrogen) atoms. The second kappa shape index (κ2) is 16.6. The van der Waals surface area contributed by atoms with Crippen molar-refractivity contribution in [3.05, 3.63) is 249 Å². The summed E-state index contributed by atoms with van der Waals surface area (Å²) >= 11 is 0. The van der Waals surface area contributed by atoms with Gasteiger partial charge in [0.1, 0.15) is 0 Å². The van der Waals surface area contributed by atoms with E-state index in [0.717, 1.165) is 0 Å². The Morgan fingerprint density at radius 3 is 0.618 bits per heavy atom. The van der Waals surface area contributed by atoms with E-state index < -0.39 is 16.1 Å². The molecule has 0 atom stereocenters. The number of rotatable bonds is 10. The molecule has 6 aliphatic carbocycles. The molecule has 0 nitrogen and oxygen atoms in total. The van der Waals surface area contributed by atoms with Crippen molar-refractivity contribution in [1.82, 2.24) is 0 Å². The second-order valence-electron chi connectivity index (χ2n) is 19.8. The van der Waals surface area contributed by atoms with Crippen LogP contribution in [-0.2, 0) is 0 Å². The minimum Gasteiger partial charge on any atom is -0.0675 e. The van der Waals surface area contributed by atoms with E-state index in [1.165, 1.54) is 159 Å². The molecule has 0 radical (unpaired) electrons.